The molecule has 1 fully saturated rings. The summed E-state index contributed by atoms with van der Waals surface area (Å²) in [6.07, 6.45) is 2.00. The molecule has 0 spiro atoms. The molecule has 0 saturated heterocycles. The number of hydrogen-bond donors (Lipinski definition) is 2. The fraction of sp³-hybridized carbons (Fsp3) is 0.364. The van der Waals surface area contributed by atoms with Gasteiger partial charge in [0.1, 0.15) is 5.69 Å². The van der Waals surface area contributed by atoms with Crippen LogP contribution in [0.25, 0.3) is 0 Å². The standard InChI is InChI=1S/C12H10F3N3.C10H13NO2S/c1-8-3-2-4-9(7-8)17-11-16-6-5-10(18-11)12(13,14)15;12-10(13)8-3-1-7(2-4-8)9-11-5-6-14-9/h2-7H,1H3,(H,16,17,18);5-8H,1-4H2,(H,12,13). The number of anilines is 2. The lowest BCUT2D eigenvalue weighted by molar-refractivity contribution is -0.143. The molecule has 2 heterocycles. The quantitative estimate of drug-likeness (QED) is 0.489. The lowest BCUT2D eigenvalue weighted by Crippen LogP contribution is -2.20. The Kier molecular flexibility index (Phi) is 7.79. The van der Waals surface area contributed by atoms with Crippen molar-refractivity contribution < 1.29 is 23.1 Å². The number of aliphatic carboxylic acids is 1. The number of aromatic nitrogens is 3. The number of nitrogens with zero attached hydrogens (tertiary/aromatic N) is 3. The summed E-state index contributed by atoms with van der Waals surface area (Å²) in [5.74, 6) is -0.324. The van der Waals surface area contributed by atoms with Gasteiger partial charge in [0, 0.05) is 29.4 Å². The maximum absolute atomic E-state index is 12.5. The van der Waals surface area contributed by atoms with Crippen LogP contribution in [-0.2, 0) is 11.0 Å². The Balaban J connectivity index is 0.000000186. The predicted octanol–water partition coefficient (Wildman–Crippen LogP) is 6.05. The first kappa shape index (κ1) is 23.6. The van der Waals surface area contributed by atoms with Crippen LogP contribution >= 0.6 is 11.3 Å². The third-order valence-electron chi connectivity index (χ3n) is 5.10. The van der Waals surface area contributed by atoms with Gasteiger partial charge in [-0.15, -0.1) is 11.3 Å². The molecule has 0 radical (unpaired) electrons. The van der Waals surface area contributed by atoms with E-state index in [1.807, 2.05) is 24.6 Å². The zero-order valence-corrected chi connectivity index (χ0v) is 18.2. The third-order valence-corrected chi connectivity index (χ3v) is 6.04. The van der Waals surface area contributed by atoms with Gasteiger partial charge in [0.25, 0.3) is 0 Å². The average molecular weight is 465 g/mol. The van der Waals surface area contributed by atoms with Crippen molar-refractivity contribution in [1.29, 1.82) is 0 Å². The maximum atomic E-state index is 12.5. The van der Waals surface area contributed by atoms with E-state index >= 15 is 0 Å². The zero-order chi connectivity index (χ0) is 23.1. The highest BCUT2D eigenvalue weighted by molar-refractivity contribution is 7.09. The van der Waals surface area contributed by atoms with E-state index in [0.29, 0.717) is 11.6 Å². The molecular weight excluding hydrogens is 441 g/mol. The van der Waals surface area contributed by atoms with E-state index in [1.165, 1.54) is 5.01 Å². The molecule has 3 aromatic rings. The Labute approximate surface area is 187 Å². The number of hydrogen-bond acceptors (Lipinski definition) is 6. The number of halogens is 3. The summed E-state index contributed by atoms with van der Waals surface area (Å²) in [7, 11) is 0. The van der Waals surface area contributed by atoms with E-state index in [0.717, 1.165) is 43.5 Å². The minimum Gasteiger partial charge on any atom is -0.481 e. The molecule has 32 heavy (non-hydrogen) atoms. The lowest BCUT2D eigenvalue weighted by Gasteiger charge is -2.24. The van der Waals surface area contributed by atoms with Crippen molar-refractivity contribution in [3.05, 3.63) is 64.4 Å². The molecular formula is C22H23F3N4O2S. The number of aryl methyl sites for hydroxylation is 1. The van der Waals surface area contributed by atoms with Crippen LogP contribution in [0.5, 0.6) is 0 Å². The number of carboxylic acid groups (broad SMARTS) is 1. The van der Waals surface area contributed by atoms with Gasteiger partial charge < -0.3 is 10.4 Å². The molecule has 2 N–H and O–H groups in total. The molecule has 4 rings (SSSR count). The fourth-order valence-corrected chi connectivity index (χ4v) is 4.26. The first-order valence-electron chi connectivity index (χ1n) is 10.1. The molecule has 2 aromatic heterocycles. The summed E-state index contributed by atoms with van der Waals surface area (Å²) >= 11 is 1.68. The van der Waals surface area contributed by atoms with Crippen LogP contribution in [-0.4, -0.2) is 26.0 Å². The molecule has 0 atom stereocenters. The van der Waals surface area contributed by atoms with Crippen molar-refractivity contribution in [2.45, 2.75) is 44.7 Å². The van der Waals surface area contributed by atoms with E-state index in [2.05, 4.69) is 20.3 Å². The monoisotopic (exact) mass is 464 g/mol. The van der Waals surface area contributed by atoms with Crippen LogP contribution in [0.1, 0.15) is 47.9 Å². The molecule has 0 bridgehead atoms. The Morgan fingerprint density at radius 1 is 1.12 bits per heavy atom. The van der Waals surface area contributed by atoms with Crippen LogP contribution in [0.2, 0.25) is 0 Å². The van der Waals surface area contributed by atoms with Gasteiger partial charge in [-0.1, -0.05) is 12.1 Å². The summed E-state index contributed by atoms with van der Waals surface area (Å²) in [6.45, 7) is 1.89. The molecule has 170 valence electrons. The van der Waals surface area contributed by atoms with Crippen LogP contribution < -0.4 is 5.32 Å². The molecule has 1 aromatic carbocycles. The Hall–Kier alpha value is -3.01. The second-order valence-corrected chi connectivity index (χ2v) is 8.44. The largest absolute Gasteiger partial charge is 0.481 e. The van der Waals surface area contributed by atoms with Gasteiger partial charge in [-0.25, -0.2) is 15.0 Å². The smallest absolute Gasteiger partial charge is 0.433 e. The minimum atomic E-state index is -4.47. The summed E-state index contributed by atoms with van der Waals surface area (Å²) in [6, 6.07) is 8.05. The number of benzene rings is 1. The van der Waals surface area contributed by atoms with Crippen molar-refractivity contribution >= 4 is 28.9 Å². The van der Waals surface area contributed by atoms with Crippen molar-refractivity contribution in [2.75, 3.05) is 5.32 Å². The van der Waals surface area contributed by atoms with Crippen molar-refractivity contribution in [1.82, 2.24) is 15.0 Å². The number of nitrogens with one attached hydrogen (secondary N) is 1. The van der Waals surface area contributed by atoms with Crippen LogP contribution in [0.3, 0.4) is 0 Å². The topological polar surface area (TPSA) is 88.0 Å². The van der Waals surface area contributed by atoms with E-state index in [9.17, 15) is 18.0 Å². The summed E-state index contributed by atoms with van der Waals surface area (Å²) in [5, 5.41) is 14.7. The zero-order valence-electron chi connectivity index (χ0n) is 17.3. The molecule has 1 aliphatic rings. The van der Waals surface area contributed by atoms with E-state index in [-0.39, 0.29) is 11.9 Å². The summed E-state index contributed by atoms with van der Waals surface area (Å²) in [4.78, 5) is 22.2. The van der Waals surface area contributed by atoms with Crippen LogP contribution in [0, 0.1) is 12.8 Å². The normalized spacial score (nSPS) is 18.4. The molecule has 0 aliphatic heterocycles. The molecule has 6 nitrogen and oxygen atoms in total. The molecule has 1 aliphatic carbocycles. The first-order valence-corrected chi connectivity index (χ1v) is 11.0. The highest BCUT2D eigenvalue weighted by Crippen LogP contribution is 2.36. The van der Waals surface area contributed by atoms with Gasteiger partial charge in [0.15, 0.2) is 0 Å². The SMILES string of the molecule is Cc1cccc(Nc2nccc(C(F)(F)F)n2)c1.O=C(O)C1CCC(c2nccs2)CC1. The number of carboxylic acids is 1. The number of carbonyl (C=O) groups is 1. The number of alkyl halides is 3. The second-order valence-electron chi connectivity index (χ2n) is 7.51. The molecule has 0 amide bonds. The predicted molar refractivity (Wildman–Crippen MR) is 116 cm³/mol. The first-order chi connectivity index (χ1) is 15.2. The number of thiazole rings is 1. The average Bonchev–Trinajstić information content (AvgIpc) is 3.29. The van der Waals surface area contributed by atoms with Crippen molar-refractivity contribution in [3.8, 4) is 0 Å². The lowest BCUT2D eigenvalue weighted by atomic mass is 9.82. The van der Waals surface area contributed by atoms with Crippen molar-refractivity contribution in [3.63, 3.8) is 0 Å². The van der Waals surface area contributed by atoms with Gasteiger partial charge in [-0.3, -0.25) is 4.79 Å². The van der Waals surface area contributed by atoms with Gasteiger partial charge in [-0.05, 0) is 56.4 Å². The van der Waals surface area contributed by atoms with E-state index in [4.69, 9.17) is 5.11 Å². The highest BCUT2D eigenvalue weighted by Gasteiger charge is 2.32. The molecule has 0 unspecified atom stereocenters. The summed E-state index contributed by atoms with van der Waals surface area (Å²) in [5.41, 5.74) is 0.675. The van der Waals surface area contributed by atoms with Crippen molar-refractivity contribution in [2.24, 2.45) is 5.92 Å². The van der Waals surface area contributed by atoms with Gasteiger partial charge in [-0.2, -0.15) is 13.2 Å². The van der Waals surface area contributed by atoms with Gasteiger partial charge >= 0.3 is 12.1 Å². The summed E-state index contributed by atoms with van der Waals surface area (Å²) < 4.78 is 37.4. The van der Waals surface area contributed by atoms with Crippen LogP contribution in [0.4, 0.5) is 24.8 Å². The fourth-order valence-electron chi connectivity index (χ4n) is 3.45. The minimum absolute atomic E-state index is 0.0737. The van der Waals surface area contributed by atoms with E-state index < -0.39 is 17.8 Å². The highest BCUT2D eigenvalue weighted by atomic mass is 32.1. The van der Waals surface area contributed by atoms with Gasteiger partial charge in [0.2, 0.25) is 5.95 Å². The Bertz CT molecular complexity index is 1020. The molecule has 1 saturated carbocycles. The molecule has 10 heteroatoms. The van der Waals surface area contributed by atoms with Gasteiger partial charge in [0.05, 0.1) is 10.9 Å². The maximum Gasteiger partial charge on any atom is 0.433 e. The van der Waals surface area contributed by atoms with E-state index in [1.54, 1.807) is 29.5 Å². The Morgan fingerprint density at radius 3 is 2.47 bits per heavy atom. The second kappa shape index (κ2) is 10.5. The third kappa shape index (κ3) is 6.74. The Morgan fingerprint density at radius 2 is 1.88 bits per heavy atom. The van der Waals surface area contributed by atoms with Crippen LogP contribution in [0.15, 0.2) is 48.1 Å². The number of rotatable bonds is 4.